The molecule has 1 aromatic rings. The number of amides is 1. The lowest BCUT2D eigenvalue weighted by molar-refractivity contribution is -0.163. The van der Waals surface area contributed by atoms with Gasteiger partial charge in [0.25, 0.3) is 0 Å². The second kappa shape index (κ2) is 6.69. The summed E-state index contributed by atoms with van der Waals surface area (Å²) in [5.74, 6) is 0.159. The lowest BCUT2D eigenvalue weighted by Gasteiger charge is -2.45. The molecule has 2 fully saturated rings. The smallest absolute Gasteiger partial charge is 0.223 e. The third kappa shape index (κ3) is 3.34. The van der Waals surface area contributed by atoms with Crippen molar-refractivity contribution >= 4 is 29.1 Å². The number of aliphatic hydroxyl groups excluding tert-OH is 1. The number of carbonyl (C=O) groups excluding carboxylic acids is 1. The van der Waals surface area contributed by atoms with Crippen molar-refractivity contribution in [1.82, 2.24) is 10.2 Å². The van der Waals surface area contributed by atoms with Gasteiger partial charge in [-0.1, -0.05) is 23.2 Å². The third-order valence-corrected chi connectivity index (χ3v) is 5.58. The molecule has 24 heavy (non-hydrogen) atoms. The zero-order valence-corrected chi connectivity index (χ0v) is 14.5. The van der Waals surface area contributed by atoms with Gasteiger partial charge < -0.3 is 25.5 Å². The van der Waals surface area contributed by atoms with Crippen LogP contribution in [0, 0.1) is 5.92 Å². The first kappa shape index (κ1) is 17.8. The number of nitrogens with zero attached hydrogens (tertiary/aromatic N) is 1. The molecule has 1 amide bonds. The average molecular weight is 375 g/mol. The number of nitrogens with one attached hydrogen (secondary N) is 1. The third-order valence-electron chi connectivity index (χ3n) is 4.76. The van der Waals surface area contributed by atoms with Gasteiger partial charge in [0.1, 0.15) is 11.4 Å². The lowest BCUT2D eigenvalue weighted by Crippen LogP contribution is -2.65. The zero-order valence-electron chi connectivity index (χ0n) is 13.0. The number of β-amino-alcohol motifs (C(OH)–C–C–N with tert-alkyl or cyclic N) is 1. The minimum absolute atomic E-state index is 0.0398. The first-order valence-electron chi connectivity index (χ1n) is 7.84. The van der Waals surface area contributed by atoms with Crippen LogP contribution in [-0.2, 0) is 4.79 Å². The summed E-state index contributed by atoms with van der Waals surface area (Å²) in [4.78, 5) is 13.8. The van der Waals surface area contributed by atoms with Crippen molar-refractivity contribution in [3.8, 4) is 5.75 Å². The van der Waals surface area contributed by atoms with Gasteiger partial charge in [0, 0.05) is 18.0 Å². The van der Waals surface area contributed by atoms with Crippen molar-refractivity contribution in [2.75, 3.05) is 26.2 Å². The van der Waals surface area contributed by atoms with Gasteiger partial charge in [-0.2, -0.15) is 0 Å². The van der Waals surface area contributed by atoms with Crippen LogP contribution in [0.15, 0.2) is 12.1 Å². The second-order valence-corrected chi connectivity index (χ2v) is 7.48. The molecule has 132 valence electrons. The molecule has 1 aromatic carbocycles. The van der Waals surface area contributed by atoms with E-state index in [9.17, 15) is 15.0 Å². The minimum Gasteiger partial charge on any atom is -0.508 e. The van der Waals surface area contributed by atoms with Gasteiger partial charge in [0.15, 0.2) is 0 Å². The van der Waals surface area contributed by atoms with Gasteiger partial charge in [0.2, 0.25) is 5.91 Å². The van der Waals surface area contributed by atoms with Gasteiger partial charge in [-0.05, 0) is 31.0 Å². The molecular weight excluding hydrogens is 355 g/mol. The fourth-order valence-electron chi connectivity index (χ4n) is 3.39. The van der Waals surface area contributed by atoms with Crippen LogP contribution in [-0.4, -0.2) is 58.0 Å². The summed E-state index contributed by atoms with van der Waals surface area (Å²) >= 11 is 12.2. The maximum Gasteiger partial charge on any atom is 0.223 e. The number of halogens is 2. The Bertz CT molecular complexity index is 649. The van der Waals surface area contributed by atoms with Gasteiger partial charge in [-0.3, -0.25) is 4.79 Å². The Labute approximate surface area is 150 Å². The standard InChI is InChI=1S/C16H20Cl2N2O4/c17-10-1-2-12(22)14(15(10)18)11-3-9(5-19-11)4-13(23)20-6-16(24,7-20)8-21/h1-2,9,11,19,21-22,24H,3-8H2/t9?,11-/m1/s1. The summed E-state index contributed by atoms with van der Waals surface area (Å²) in [7, 11) is 0. The van der Waals surface area contributed by atoms with Crippen molar-refractivity contribution in [2.45, 2.75) is 24.5 Å². The summed E-state index contributed by atoms with van der Waals surface area (Å²) in [6.45, 7) is 0.646. The number of benzene rings is 1. The molecule has 4 N–H and O–H groups in total. The normalized spacial score (nSPS) is 25.6. The zero-order chi connectivity index (χ0) is 17.5. The minimum atomic E-state index is -1.15. The Morgan fingerprint density at radius 3 is 2.75 bits per heavy atom. The van der Waals surface area contributed by atoms with E-state index >= 15 is 0 Å². The summed E-state index contributed by atoms with van der Waals surface area (Å²) in [6.07, 6.45) is 1.02. The number of phenols is 1. The predicted molar refractivity (Wildman–Crippen MR) is 90.2 cm³/mol. The highest BCUT2D eigenvalue weighted by molar-refractivity contribution is 6.42. The molecule has 0 saturated carbocycles. The van der Waals surface area contributed by atoms with Crippen molar-refractivity contribution in [3.63, 3.8) is 0 Å². The van der Waals surface area contributed by atoms with E-state index in [1.807, 2.05) is 0 Å². The number of aromatic hydroxyl groups is 1. The molecule has 2 aliphatic rings. The SMILES string of the molecule is O=C(CC1CN[C@@H](c2c(O)ccc(Cl)c2Cl)C1)N1CC(O)(CO)C1. The Hall–Kier alpha value is -1.05. The van der Waals surface area contributed by atoms with Crippen LogP contribution in [0.25, 0.3) is 0 Å². The molecule has 0 spiro atoms. The van der Waals surface area contributed by atoms with E-state index in [0.717, 1.165) is 0 Å². The van der Waals surface area contributed by atoms with Crippen LogP contribution in [0.2, 0.25) is 10.0 Å². The largest absolute Gasteiger partial charge is 0.508 e. The van der Waals surface area contributed by atoms with Crippen LogP contribution in [0.3, 0.4) is 0 Å². The lowest BCUT2D eigenvalue weighted by atomic mass is 9.92. The molecule has 2 aliphatic heterocycles. The Morgan fingerprint density at radius 2 is 2.08 bits per heavy atom. The fraction of sp³-hybridized carbons (Fsp3) is 0.562. The van der Waals surface area contributed by atoms with Crippen molar-refractivity contribution < 1.29 is 20.1 Å². The van der Waals surface area contributed by atoms with Crippen LogP contribution in [0.1, 0.15) is 24.4 Å². The molecule has 2 saturated heterocycles. The van der Waals surface area contributed by atoms with E-state index in [4.69, 9.17) is 28.3 Å². The Kier molecular flexibility index (Phi) is 4.95. The number of rotatable bonds is 4. The molecule has 3 rings (SSSR count). The summed E-state index contributed by atoms with van der Waals surface area (Å²) in [5.41, 5.74) is -0.579. The number of phenolic OH excluding ortho intramolecular Hbond substituents is 1. The molecular formula is C16H20Cl2N2O4. The van der Waals surface area contributed by atoms with E-state index in [-0.39, 0.29) is 43.3 Å². The molecule has 1 unspecified atom stereocenters. The van der Waals surface area contributed by atoms with Gasteiger partial charge in [-0.15, -0.1) is 0 Å². The molecule has 2 heterocycles. The summed E-state index contributed by atoms with van der Waals surface area (Å²) in [5, 5.41) is 32.8. The topological polar surface area (TPSA) is 93.0 Å². The van der Waals surface area contributed by atoms with Crippen LogP contribution < -0.4 is 5.32 Å². The summed E-state index contributed by atoms with van der Waals surface area (Å²) < 4.78 is 0. The van der Waals surface area contributed by atoms with Crippen molar-refractivity contribution in [2.24, 2.45) is 5.92 Å². The Balaban J connectivity index is 1.59. The highest BCUT2D eigenvalue weighted by atomic mass is 35.5. The maximum absolute atomic E-state index is 12.2. The van der Waals surface area contributed by atoms with E-state index in [2.05, 4.69) is 5.32 Å². The predicted octanol–water partition coefficient (Wildman–Crippen LogP) is 1.31. The average Bonchev–Trinajstić information content (AvgIpc) is 2.96. The van der Waals surface area contributed by atoms with Crippen LogP contribution in [0.5, 0.6) is 5.75 Å². The number of hydrogen-bond acceptors (Lipinski definition) is 5. The molecule has 0 radical (unpaired) electrons. The monoisotopic (exact) mass is 374 g/mol. The van der Waals surface area contributed by atoms with Crippen LogP contribution in [0.4, 0.5) is 0 Å². The molecule has 0 aliphatic carbocycles. The fourth-order valence-corrected chi connectivity index (χ4v) is 3.84. The molecule has 0 aromatic heterocycles. The van der Waals surface area contributed by atoms with E-state index in [1.165, 1.54) is 6.07 Å². The van der Waals surface area contributed by atoms with Crippen molar-refractivity contribution in [3.05, 3.63) is 27.7 Å². The quantitative estimate of drug-likeness (QED) is 0.637. The number of hydrogen-bond donors (Lipinski definition) is 4. The van der Waals surface area contributed by atoms with Gasteiger partial charge in [-0.25, -0.2) is 0 Å². The molecule has 8 heteroatoms. The number of aliphatic hydroxyl groups is 2. The number of likely N-dealkylation sites (tertiary alicyclic amines) is 1. The molecule has 0 bridgehead atoms. The van der Waals surface area contributed by atoms with Crippen molar-refractivity contribution in [1.29, 1.82) is 0 Å². The Morgan fingerprint density at radius 1 is 1.38 bits per heavy atom. The molecule has 2 atom stereocenters. The maximum atomic E-state index is 12.2. The first-order chi connectivity index (χ1) is 11.3. The summed E-state index contributed by atoms with van der Waals surface area (Å²) in [6, 6.07) is 2.91. The second-order valence-electron chi connectivity index (χ2n) is 6.69. The van der Waals surface area contributed by atoms with Crippen LogP contribution >= 0.6 is 23.2 Å². The van der Waals surface area contributed by atoms with Gasteiger partial charge >= 0.3 is 0 Å². The van der Waals surface area contributed by atoms with Gasteiger partial charge in [0.05, 0.1) is 29.7 Å². The molecule has 6 nitrogen and oxygen atoms in total. The van der Waals surface area contributed by atoms with E-state index in [1.54, 1.807) is 11.0 Å². The first-order valence-corrected chi connectivity index (χ1v) is 8.60. The number of carbonyl (C=O) groups is 1. The van der Waals surface area contributed by atoms with E-state index in [0.29, 0.717) is 35.0 Å². The highest BCUT2D eigenvalue weighted by Gasteiger charge is 2.43. The highest BCUT2D eigenvalue weighted by Crippen LogP contribution is 2.41. The van der Waals surface area contributed by atoms with E-state index < -0.39 is 5.60 Å².